The highest BCUT2D eigenvalue weighted by Gasteiger charge is 2.42. The quantitative estimate of drug-likeness (QED) is 0.784. The lowest BCUT2D eigenvalue weighted by Gasteiger charge is -2.27. The van der Waals surface area contributed by atoms with Crippen LogP contribution in [-0.2, 0) is 9.84 Å². The van der Waals surface area contributed by atoms with E-state index in [9.17, 15) is 8.42 Å². The standard InChI is InChI=1S/C11H23NO2S/c1-10(2)8-12-9-11(15(3,13)14)6-4-5-7-11/h10,12H,4-9H2,1-3H3. The Morgan fingerprint density at radius 3 is 2.20 bits per heavy atom. The summed E-state index contributed by atoms with van der Waals surface area (Å²) in [6, 6.07) is 0. The monoisotopic (exact) mass is 233 g/mol. The lowest BCUT2D eigenvalue weighted by atomic mass is 10.1. The molecule has 0 aliphatic heterocycles. The zero-order chi connectivity index (χ0) is 11.5. The Morgan fingerprint density at radius 1 is 1.27 bits per heavy atom. The van der Waals surface area contributed by atoms with Crippen LogP contribution >= 0.6 is 0 Å². The SMILES string of the molecule is CC(C)CNCC1(S(C)(=O)=O)CCCC1. The predicted octanol–water partition coefficient (Wildman–Crippen LogP) is 1.59. The van der Waals surface area contributed by atoms with Gasteiger partial charge in [-0.15, -0.1) is 0 Å². The molecular weight excluding hydrogens is 210 g/mol. The molecule has 0 spiro atoms. The van der Waals surface area contributed by atoms with Gasteiger partial charge in [0.1, 0.15) is 0 Å². The van der Waals surface area contributed by atoms with Gasteiger partial charge in [0, 0.05) is 12.8 Å². The van der Waals surface area contributed by atoms with Crippen LogP contribution in [0.15, 0.2) is 0 Å². The first-order chi connectivity index (χ1) is 6.87. The van der Waals surface area contributed by atoms with Crippen molar-refractivity contribution in [3.63, 3.8) is 0 Å². The van der Waals surface area contributed by atoms with Gasteiger partial charge in [0.15, 0.2) is 9.84 Å². The maximum absolute atomic E-state index is 11.8. The largest absolute Gasteiger partial charge is 0.315 e. The molecule has 4 heteroatoms. The van der Waals surface area contributed by atoms with Crippen LogP contribution in [0, 0.1) is 5.92 Å². The highest BCUT2D eigenvalue weighted by atomic mass is 32.2. The lowest BCUT2D eigenvalue weighted by Crippen LogP contribution is -2.45. The van der Waals surface area contributed by atoms with Crippen molar-refractivity contribution in [2.45, 2.75) is 44.3 Å². The van der Waals surface area contributed by atoms with E-state index in [0.29, 0.717) is 12.5 Å². The van der Waals surface area contributed by atoms with Gasteiger partial charge in [0.05, 0.1) is 4.75 Å². The molecule has 0 saturated heterocycles. The fourth-order valence-electron chi connectivity index (χ4n) is 2.29. The van der Waals surface area contributed by atoms with Crippen LogP contribution in [0.4, 0.5) is 0 Å². The van der Waals surface area contributed by atoms with E-state index in [1.165, 1.54) is 6.26 Å². The van der Waals surface area contributed by atoms with Gasteiger partial charge in [0.2, 0.25) is 0 Å². The van der Waals surface area contributed by atoms with E-state index >= 15 is 0 Å². The molecule has 1 rings (SSSR count). The topological polar surface area (TPSA) is 46.2 Å². The molecule has 0 amide bonds. The van der Waals surface area contributed by atoms with Crippen LogP contribution < -0.4 is 5.32 Å². The summed E-state index contributed by atoms with van der Waals surface area (Å²) in [5.74, 6) is 0.572. The summed E-state index contributed by atoms with van der Waals surface area (Å²) in [7, 11) is -2.92. The predicted molar refractivity (Wildman–Crippen MR) is 63.8 cm³/mol. The van der Waals surface area contributed by atoms with E-state index < -0.39 is 14.6 Å². The first kappa shape index (κ1) is 13.0. The number of hydrogen-bond acceptors (Lipinski definition) is 3. The van der Waals surface area contributed by atoms with Gasteiger partial charge in [-0.25, -0.2) is 8.42 Å². The summed E-state index contributed by atoms with van der Waals surface area (Å²) in [6.07, 6.45) is 5.15. The molecule has 0 aromatic rings. The molecule has 0 aromatic carbocycles. The molecule has 0 heterocycles. The Labute approximate surface area is 93.6 Å². The van der Waals surface area contributed by atoms with Gasteiger partial charge in [-0.2, -0.15) is 0 Å². The van der Waals surface area contributed by atoms with Crippen molar-refractivity contribution < 1.29 is 8.42 Å². The van der Waals surface area contributed by atoms with Crippen LogP contribution in [0.3, 0.4) is 0 Å². The molecule has 0 aromatic heterocycles. The molecule has 90 valence electrons. The van der Waals surface area contributed by atoms with E-state index in [-0.39, 0.29) is 0 Å². The maximum atomic E-state index is 11.8. The van der Waals surface area contributed by atoms with E-state index in [1.807, 2.05) is 0 Å². The van der Waals surface area contributed by atoms with Gasteiger partial charge in [0.25, 0.3) is 0 Å². The van der Waals surface area contributed by atoms with Crippen LogP contribution in [-0.4, -0.2) is 32.5 Å². The minimum absolute atomic E-state index is 0.470. The van der Waals surface area contributed by atoms with Crippen molar-refractivity contribution in [1.29, 1.82) is 0 Å². The molecule has 1 saturated carbocycles. The van der Waals surface area contributed by atoms with Gasteiger partial charge in [-0.3, -0.25) is 0 Å². The van der Waals surface area contributed by atoms with Crippen molar-refractivity contribution in [1.82, 2.24) is 5.32 Å². The lowest BCUT2D eigenvalue weighted by molar-refractivity contribution is 0.458. The second-order valence-electron chi connectivity index (χ2n) is 5.19. The normalized spacial score (nSPS) is 21.1. The number of sulfone groups is 1. The molecule has 0 radical (unpaired) electrons. The third-order valence-corrected chi connectivity index (χ3v) is 5.43. The molecule has 3 nitrogen and oxygen atoms in total. The summed E-state index contributed by atoms with van der Waals surface area (Å²) in [6.45, 7) is 5.80. The first-order valence-electron chi connectivity index (χ1n) is 5.78. The van der Waals surface area contributed by atoms with Crippen molar-refractivity contribution in [2.24, 2.45) is 5.92 Å². The fourth-order valence-corrected chi connectivity index (χ4v) is 3.68. The van der Waals surface area contributed by atoms with E-state index in [4.69, 9.17) is 0 Å². The molecule has 1 aliphatic carbocycles. The molecule has 1 N–H and O–H groups in total. The number of hydrogen-bond donors (Lipinski definition) is 1. The zero-order valence-corrected chi connectivity index (χ0v) is 10.9. The number of nitrogens with one attached hydrogen (secondary N) is 1. The van der Waals surface area contributed by atoms with Crippen molar-refractivity contribution >= 4 is 9.84 Å². The van der Waals surface area contributed by atoms with Crippen LogP contribution in [0.1, 0.15) is 39.5 Å². The van der Waals surface area contributed by atoms with Crippen LogP contribution in [0.25, 0.3) is 0 Å². The summed E-state index contributed by atoms with van der Waals surface area (Å²) in [4.78, 5) is 0. The minimum Gasteiger partial charge on any atom is -0.315 e. The van der Waals surface area contributed by atoms with Gasteiger partial charge >= 0.3 is 0 Å². The molecule has 0 bridgehead atoms. The van der Waals surface area contributed by atoms with Gasteiger partial charge in [-0.1, -0.05) is 26.7 Å². The average molecular weight is 233 g/mol. The van der Waals surface area contributed by atoms with E-state index in [0.717, 1.165) is 32.2 Å². The summed E-state index contributed by atoms with van der Waals surface area (Å²) < 4.78 is 23.1. The van der Waals surface area contributed by atoms with Crippen molar-refractivity contribution in [3.8, 4) is 0 Å². The Balaban J connectivity index is 2.59. The Kier molecular flexibility index (Phi) is 4.18. The fraction of sp³-hybridized carbons (Fsp3) is 1.00. The third kappa shape index (κ3) is 3.18. The van der Waals surface area contributed by atoms with Crippen molar-refractivity contribution in [3.05, 3.63) is 0 Å². The number of rotatable bonds is 5. The second kappa shape index (κ2) is 4.83. The Hall–Kier alpha value is -0.0900. The van der Waals surface area contributed by atoms with E-state index in [1.54, 1.807) is 0 Å². The molecule has 0 unspecified atom stereocenters. The molecule has 0 atom stereocenters. The van der Waals surface area contributed by atoms with Gasteiger partial charge < -0.3 is 5.32 Å². The Morgan fingerprint density at radius 2 is 1.80 bits per heavy atom. The zero-order valence-electron chi connectivity index (χ0n) is 10.0. The molecule has 1 fully saturated rings. The first-order valence-corrected chi connectivity index (χ1v) is 7.67. The smallest absolute Gasteiger partial charge is 0.154 e. The molecule has 15 heavy (non-hydrogen) atoms. The summed E-state index contributed by atoms with van der Waals surface area (Å²) >= 11 is 0. The highest BCUT2D eigenvalue weighted by Crippen LogP contribution is 2.35. The van der Waals surface area contributed by atoms with Crippen LogP contribution in [0.2, 0.25) is 0 Å². The van der Waals surface area contributed by atoms with E-state index in [2.05, 4.69) is 19.2 Å². The molecule has 1 aliphatic rings. The minimum atomic E-state index is -2.92. The summed E-state index contributed by atoms with van der Waals surface area (Å²) in [5.41, 5.74) is 0. The Bertz CT molecular complexity index is 290. The third-order valence-electron chi connectivity index (χ3n) is 3.30. The average Bonchev–Trinajstić information content (AvgIpc) is 2.51. The van der Waals surface area contributed by atoms with Gasteiger partial charge in [-0.05, 0) is 25.3 Å². The molecular formula is C11H23NO2S. The highest BCUT2D eigenvalue weighted by molar-refractivity contribution is 7.92. The van der Waals surface area contributed by atoms with Crippen molar-refractivity contribution in [2.75, 3.05) is 19.3 Å². The second-order valence-corrected chi connectivity index (χ2v) is 7.60. The maximum Gasteiger partial charge on any atom is 0.154 e. The summed E-state index contributed by atoms with van der Waals surface area (Å²) in [5, 5.41) is 3.29. The van der Waals surface area contributed by atoms with Crippen LogP contribution in [0.5, 0.6) is 0 Å².